The van der Waals surface area contributed by atoms with Gasteiger partial charge in [-0.25, -0.2) is 0 Å². The molecule has 1 N–H and O–H groups in total. The smallest absolute Gasteiger partial charge is 0.317 e. The highest BCUT2D eigenvalue weighted by Gasteiger charge is 2.18. The van der Waals surface area contributed by atoms with Crippen molar-refractivity contribution in [3.63, 3.8) is 0 Å². The lowest BCUT2D eigenvalue weighted by Crippen LogP contribution is -2.30. The van der Waals surface area contributed by atoms with Crippen LogP contribution in [0.1, 0.15) is 6.92 Å². The van der Waals surface area contributed by atoms with E-state index in [2.05, 4.69) is 5.32 Å². The van der Waals surface area contributed by atoms with Crippen molar-refractivity contribution >= 4 is 40.9 Å². The number of rotatable bonds is 7. The molecule has 0 radical (unpaired) electrons. The molecule has 0 fully saturated rings. The van der Waals surface area contributed by atoms with E-state index < -0.39 is 18.0 Å². The molecule has 0 unspecified atom stereocenters. The maximum atomic E-state index is 12.1. The van der Waals surface area contributed by atoms with E-state index in [1.165, 1.54) is 18.7 Å². The second kappa shape index (κ2) is 9.34. The number of thioether (sulfide) groups is 1. The number of esters is 1. The highest BCUT2D eigenvalue weighted by atomic mass is 35.5. The van der Waals surface area contributed by atoms with Crippen molar-refractivity contribution in [2.45, 2.75) is 17.9 Å². The molecule has 2 aromatic carbocycles. The summed E-state index contributed by atoms with van der Waals surface area (Å²) in [5.41, 5.74) is 0.477. The van der Waals surface area contributed by atoms with Crippen molar-refractivity contribution in [2.24, 2.45) is 0 Å². The van der Waals surface area contributed by atoms with Gasteiger partial charge in [0.2, 0.25) is 0 Å². The molecule has 1 atom stereocenters. The number of anilines is 1. The van der Waals surface area contributed by atoms with Crippen LogP contribution in [-0.2, 0) is 14.3 Å². The number of amides is 1. The SMILES string of the molecule is COc1ccc(SCC(=O)O[C@H](C)C(=O)Nc2ccccc2Cl)cc1. The van der Waals surface area contributed by atoms with Crippen LogP contribution in [0.25, 0.3) is 0 Å². The molecule has 7 heteroatoms. The first-order chi connectivity index (χ1) is 12.0. The zero-order chi connectivity index (χ0) is 18.2. The number of hydrogen-bond acceptors (Lipinski definition) is 5. The Morgan fingerprint density at radius 3 is 2.48 bits per heavy atom. The van der Waals surface area contributed by atoms with Crippen molar-refractivity contribution in [3.8, 4) is 5.75 Å². The van der Waals surface area contributed by atoms with Crippen molar-refractivity contribution in [3.05, 3.63) is 53.6 Å². The minimum atomic E-state index is -0.916. The van der Waals surface area contributed by atoms with Gasteiger partial charge in [0.05, 0.1) is 23.6 Å². The van der Waals surface area contributed by atoms with Crippen LogP contribution in [0.4, 0.5) is 5.69 Å². The zero-order valence-electron chi connectivity index (χ0n) is 13.8. The van der Waals surface area contributed by atoms with E-state index in [1.807, 2.05) is 24.3 Å². The third-order valence-corrected chi connectivity index (χ3v) is 4.54. The van der Waals surface area contributed by atoms with Crippen LogP contribution in [-0.4, -0.2) is 30.8 Å². The van der Waals surface area contributed by atoms with E-state index >= 15 is 0 Å². The Morgan fingerprint density at radius 2 is 1.84 bits per heavy atom. The number of hydrogen-bond donors (Lipinski definition) is 1. The molecule has 0 aliphatic heterocycles. The summed E-state index contributed by atoms with van der Waals surface area (Å²) in [6, 6.07) is 14.2. The van der Waals surface area contributed by atoms with E-state index in [0.717, 1.165) is 10.6 Å². The summed E-state index contributed by atoms with van der Waals surface area (Å²) in [6.07, 6.45) is -0.916. The summed E-state index contributed by atoms with van der Waals surface area (Å²) in [5.74, 6) is -0.0499. The molecule has 0 aromatic heterocycles. The fraction of sp³-hybridized carbons (Fsp3) is 0.222. The molecule has 5 nitrogen and oxygen atoms in total. The number of carbonyl (C=O) groups excluding carboxylic acids is 2. The minimum absolute atomic E-state index is 0.107. The molecule has 132 valence electrons. The van der Waals surface area contributed by atoms with Gasteiger partial charge in [0, 0.05) is 4.90 Å². The number of methoxy groups -OCH3 is 1. The molecule has 0 bridgehead atoms. The van der Waals surface area contributed by atoms with Gasteiger partial charge in [0.25, 0.3) is 5.91 Å². The first-order valence-electron chi connectivity index (χ1n) is 7.51. The Balaban J connectivity index is 1.80. The molecular formula is C18H18ClNO4S. The van der Waals surface area contributed by atoms with E-state index in [9.17, 15) is 9.59 Å². The van der Waals surface area contributed by atoms with Crippen LogP contribution in [0.15, 0.2) is 53.4 Å². The van der Waals surface area contributed by atoms with Crippen molar-refractivity contribution in [2.75, 3.05) is 18.2 Å². The maximum Gasteiger partial charge on any atom is 0.317 e. The summed E-state index contributed by atoms with van der Waals surface area (Å²) in [7, 11) is 1.59. The number of halogens is 1. The number of para-hydroxylation sites is 1. The molecule has 0 heterocycles. The fourth-order valence-electron chi connectivity index (χ4n) is 1.90. The van der Waals surface area contributed by atoms with Crippen LogP contribution in [0, 0.1) is 0 Å². The lowest BCUT2D eigenvalue weighted by molar-refractivity contribution is -0.150. The van der Waals surface area contributed by atoms with Gasteiger partial charge in [-0.15, -0.1) is 11.8 Å². The van der Waals surface area contributed by atoms with Gasteiger partial charge in [0.15, 0.2) is 6.10 Å². The summed E-state index contributed by atoms with van der Waals surface area (Å²) in [4.78, 5) is 24.9. The molecule has 0 saturated heterocycles. The quantitative estimate of drug-likeness (QED) is 0.581. The summed E-state index contributed by atoms with van der Waals surface area (Å²) in [6.45, 7) is 1.52. The first-order valence-corrected chi connectivity index (χ1v) is 8.87. The Bertz CT molecular complexity index is 736. The van der Waals surface area contributed by atoms with Gasteiger partial charge in [0.1, 0.15) is 5.75 Å². The molecule has 0 aliphatic rings. The van der Waals surface area contributed by atoms with Gasteiger partial charge >= 0.3 is 5.97 Å². The molecule has 1 amide bonds. The van der Waals surface area contributed by atoms with Crippen molar-refractivity contribution in [1.82, 2.24) is 0 Å². The molecular weight excluding hydrogens is 362 g/mol. The van der Waals surface area contributed by atoms with Crippen LogP contribution < -0.4 is 10.1 Å². The highest BCUT2D eigenvalue weighted by Crippen LogP contribution is 2.22. The normalized spacial score (nSPS) is 11.5. The first kappa shape index (κ1) is 19.1. The van der Waals surface area contributed by atoms with E-state index in [0.29, 0.717) is 10.7 Å². The third-order valence-electron chi connectivity index (χ3n) is 3.23. The molecule has 0 aliphatic carbocycles. The predicted octanol–water partition coefficient (Wildman–Crippen LogP) is 4.01. The van der Waals surface area contributed by atoms with Crippen molar-refractivity contribution < 1.29 is 19.1 Å². The average Bonchev–Trinajstić information content (AvgIpc) is 2.62. The van der Waals surface area contributed by atoms with Gasteiger partial charge in [-0.2, -0.15) is 0 Å². The van der Waals surface area contributed by atoms with Crippen LogP contribution in [0.2, 0.25) is 5.02 Å². The largest absolute Gasteiger partial charge is 0.497 e. The standard InChI is InChI=1S/C18H18ClNO4S/c1-12(18(22)20-16-6-4-3-5-15(16)19)24-17(21)11-25-14-9-7-13(23-2)8-10-14/h3-10,12H,11H2,1-2H3,(H,20,22)/t12-/m1/s1. The van der Waals surface area contributed by atoms with Crippen molar-refractivity contribution in [1.29, 1.82) is 0 Å². The molecule has 2 rings (SSSR count). The fourth-order valence-corrected chi connectivity index (χ4v) is 2.76. The minimum Gasteiger partial charge on any atom is -0.497 e. The number of nitrogens with one attached hydrogen (secondary N) is 1. The summed E-state index contributed by atoms with van der Waals surface area (Å²) >= 11 is 7.31. The summed E-state index contributed by atoms with van der Waals surface area (Å²) in [5, 5.41) is 3.05. The van der Waals surface area contributed by atoms with Gasteiger partial charge in [-0.1, -0.05) is 23.7 Å². The topological polar surface area (TPSA) is 64.6 Å². The van der Waals surface area contributed by atoms with Gasteiger partial charge in [-0.05, 0) is 43.3 Å². The third kappa shape index (κ3) is 5.99. The molecule has 0 saturated carbocycles. The summed E-state index contributed by atoms with van der Waals surface area (Å²) < 4.78 is 10.2. The van der Waals surface area contributed by atoms with E-state index in [1.54, 1.807) is 31.4 Å². The lowest BCUT2D eigenvalue weighted by Gasteiger charge is -2.14. The molecule has 0 spiro atoms. The lowest BCUT2D eigenvalue weighted by atomic mass is 10.3. The number of ether oxygens (including phenoxy) is 2. The predicted molar refractivity (Wildman–Crippen MR) is 99.4 cm³/mol. The maximum absolute atomic E-state index is 12.1. The average molecular weight is 380 g/mol. The Morgan fingerprint density at radius 1 is 1.16 bits per heavy atom. The van der Waals surface area contributed by atoms with Crippen LogP contribution in [0.3, 0.4) is 0 Å². The highest BCUT2D eigenvalue weighted by molar-refractivity contribution is 8.00. The van der Waals surface area contributed by atoms with E-state index in [4.69, 9.17) is 21.1 Å². The Hall–Kier alpha value is -2.18. The Labute approximate surface area is 155 Å². The van der Waals surface area contributed by atoms with Gasteiger partial charge < -0.3 is 14.8 Å². The number of carbonyl (C=O) groups is 2. The second-order valence-corrected chi connectivity index (χ2v) is 6.52. The molecule has 25 heavy (non-hydrogen) atoms. The number of benzene rings is 2. The van der Waals surface area contributed by atoms with E-state index in [-0.39, 0.29) is 5.75 Å². The Kier molecular flexibility index (Phi) is 7.16. The monoisotopic (exact) mass is 379 g/mol. The van der Waals surface area contributed by atoms with Crippen LogP contribution >= 0.6 is 23.4 Å². The molecule has 2 aromatic rings. The second-order valence-electron chi connectivity index (χ2n) is 5.07. The van der Waals surface area contributed by atoms with Crippen LogP contribution in [0.5, 0.6) is 5.75 Å². The van der Waals surface area contributed by atoms with Gasteiger partial charge in [-0.3, -0.25) is 9.59 Å². The zero-order valence-corrected chi connectivity index (χ0v) is 15.4.